The Balaban J connectivity index is 0.000000339. The van der Waals surface area contributed by atoms with Crippen LogP contribution < -0.4 is 4.90 Å². The summed E-state index contributed by atoms with van der Waals surface area (Å²) in [5.41, 5.74) is 3.72. The molecule has 4 rings (SSSR count). The van der Waals surface area contributed by atoms with E-state index in [1.54, 1.807) is 17.7 Å². The third-order valence-electron chi connectivity index (χ3n) is 4.96. The molecule has 0 unspecified atom stereocenters. The quantitative estimate of drug-likeness (QED) is 0.748. The van der Waals surface area contributed by atoms with Gasteiger partial charge in [-0.2, -0.15) is 13.2 Å². The summed E-state index contributed by atoms with van der Waals surface area (Å²) in [6, 6.07) is 0. The molecule has 1 N–H and O–H groups in total. The molecular weight excluding hydrogens is 435 g/mol. The molecule has 2 aromatic rings. The number of aromatic nitrogens is 3. The van der Waals surface area contributed by atoms with Crippen LogP contribution in [0.5, 0.6) is 0 Å². The molecule has 170 valence electrons. The Kier molecular flexibility index (Phi) is 7.79. The monoisotopic (exact) mass is 459 g/mol. The maximum absolute atomic E-state index is 10.6. The highest BCUT2D eigenvalue weighted by Crippen LogP contribution is 2.25. The zero-order chi connectivity index (χ0) is 22.4. The van der Waals surface area contributed by atoms with E-state index in [-0.39, 0.29) is 0 Å². The van der Waals surface area contributed by atoms with Crippen LogP contribution in [-0.4, -0.2) is 76.5 Å². The minimum atomic E-state index is -5.08. The van der Waals surface area contributed by atoms with Crippen LogP contribution in [0.15, 0.2) is 11.7 Å². The summed E-state index contributed by atoms with van der Waals surface area (Å²) < 4.78 is 37.2. The van der Waals surface area contributed by atoms with Gasteiger partial charge in [-0.3, -0.25) is 4.90 Å². The third-order valence-corrected chi connectivity index (χ3v) is 5.78. The van der Waals surface area contributed by atoms with Gasteiger partial charge >= 0.3 is 12.1 Å². The van der Waals surface area contributed by atoms with Gasteiger partial charge in [0.1, 0.15) is 12.1 Å². The van der Waals surface area contributed by atoms with E-state index < -0.39 is 12.1 Å². The lowest BCUT2D eigenvalue weighted by Crippen LogP contribution is -2.37. The van der Waals surface area contributed by atoms with Gasteiger partial charge in [0.05, 0.1) is 29.6 Å². The normalized spacial score (nSPS) is 17.4. The highest BCUT2D eigenvalue weighted by Gasteiger charge is 2.38. The van der Waals surface area contributed by atoms with Crippen molar-refractivity contribution in [2.45, 2.75) is 32.5 Å². The van der Waals surface area contributed by atoms with E-state index >= 15 is 0 Å². The zero-order valence-corrected chi connectivity index (χ0v) is 17.9. The number of carboxylic acid groups (broad SMARTS) is 1. The second-order valence-corrected chi connectivity index (χ2v) is 8.22. The number of rotatable bonds is 3. The number of carbonyl (C=O) groups is 1. The van der Waals surface area contributed by atoms with Crippen LogP contribution in [-0.2, 0) is 28.9 Å². The van der Waals surface area contributed by atoms with Crippen LogP contribution in [0.1, 0.15) is 22.0 Å². The number of aliphatic carboxylic acids is 1. The molecule has 0 amide bonds. The van der Waals surface area contributed by atoms with Crippen LogP contribution in [0, 0.1) is 6.92 Å². The fraction of sp³-hybridized carbons (Fsp3) is 0.579. The Morgan fingerprint density at radius 2 is 1.87 bits per heavy atom. The van der Waals surface area contributed by atoms with Gasteiger partial charge in [-0.25, -0.2) is 19.7 Å². The second-order valence-electron chi connectivity index (χ2n) is 7.16. The number of morpholine rings is 1. The molecule has 2 aliphatic rings. The van der Waals surface area contributed by atoms with E-state index in [9.17, 15) is 13.2 Å². The standard InChI is InChI=1S/C17H23N5OS.C2HF3O2/c1-13-20-14(11-24-13)10-21-4-2-15-16(3-5-21)18-12-19-17(15)22-6-8-23-9-7-22;3-2(4,5)1(6)7/h11-12H,2-10H2,1H3;(H,6,7). The third kappa shape index (κ3) is 6.58. The number of nitrogens with zero attached hydrogens (tertiary/aromatic N) is 5. The molecule has 0 atom stereocenters. The number of ether oxygens (including phenoxy) is 1. The lowest BCUT2D eigenvalue weighted by molar-refractivity contribution is -0.192. The predicted octanol–water partition coefficient (Wildman–Crippen LogP) is 2.31. The SMILES string of the molecule is Cc1nc(CN2CCc3ncnc(N4CCOCC4)c3CC2)cs1.O=C(O)C(F)(F)F. The minimum Gasteiger partial charge on any atom is -0.475 e. The van der Waals surface area contributed by atoms with Gasteiger partial charge in [-0.15, -0.1) is 11.3 Å². The predicted molar refractivity (Wildman–Crippen MR) is 108 cm³/mol. The number of hydrogen-bond acceptors (Lipinski definition) is 8. The molecule has 12 heteroatoms. The van der Waals surface area contributed by atoms with Crippen LogP contribution in [0.3, 0.4) is 0 Å². The number of alkyl halides is 3. The molecular formula is C19H24F3N5O3S. The Morgan fingerprint density at radius 3 is 2.48 bits per heavy atom. The van der Waals surface area contributed by atoms with Crippen LogP contribution >= 0.6 is 11.3 Å². The number of halogens is 3. The summed E-state index contributed by atoms with van der Waals surface area (Å²) >= 11 is 1.73. The number of thiazole rings is 1. The summed E-state index contributed by atoms with van der Waals surface area (Å²) in [6.45, 7) is 8.48. The first-order chi connectivity index (χ1) is 14.7. The molecule has 0 bridgehead atoms. The van der Waals surface area contributed by atoms with Crippen molar-refractivity contribution < 1.29 is 27.8 Å². The average Bonchev–Trinajstić information content (AvgIpc) is 3.03. The highest BCUT2D eigenvalue weighted by molar-refractivity contribution is 7.09. The van der Waals surface area contributed by atoms with E-state index in [1.807, 2.05) is 0 Å². The topological polar surface area (TPSA) is 91.7 Å². The Hall–Kier alpha value is -2.31. The molecule has 2 aromatic heterocycles. The van der Waals surface area contributed by atoms with Gasteiger partial charge in [-0.05, 0) is 13.3 Å². The lowest BCUT2D eigenvalue weighted by atomic mass is 10.1. The number of anilines is 1. The molecule has 1 saturated heterocycles. The summed E-state index contributed by atoms with van der Waals surface area (Å²) in [5.74, 6) is -1.64. The molecule has 0 aliphatic carbocycles. The van der Waals surface area contributed by atoms with Crippen molar-refractivity contribution in [1.82, 2.24) is 19.9 Å². The van der Waals surface area contributed by atoms with E-state index in [1.165, 1.54) is 17.0 Å². The maximum Gasteiger partial charge on any atom is 0.490 e. The fourth-order valence-corrected chi connectivity index (χ4v) is 4.07. The smallest absolute Gasteiger partial charge is 0.475 e. The zero-order valence-electron chi connectivity index (χ0n) is 17.1. The fourth-order valence-electron chi connectivity index (χ4n) is 3.47. The minimum absolute atomic E-state index is 0.786. The van der Waals surface area contributed by atoms with E-state index in [0.717, 1.165) is 69.6 Å². The largest absolute Gasteiger partial charge is 0.490 e. The highest BCUT2D eigenvalue weighted by atomic mass is 32.1. The Labute approximate surface area is 181 Å². The summed E-state index contributed by atoms with van der Waals surface area (Å²) in [5, 5.41) is 10.4. The molecule has 0 saturated carbocycles. The van der Waals surface area contributed by atoms with E-state index in [2.05, 4.69) is 37.1 Å². The summed E-state index contributed by atoms with van der Waals surface area (Å²) in [6.07, 6.45) is -1.37. The summed E-state index contributed by atoms with van der Waals surface area (Å²) in [7, 11) is 0. The van der Waals surface area contributed by atoms with Crippen molar-refractivity contribution in [1.29, 1.82) is 0 Å². The van der Waals surface area contributed by atoms with Gasteiger partial charge in [0.25, 0.3) is 0 Å². The van der Waals surface area contributed by atoms with Gasteiger partial charge in [0.2, 0.25) is 0 Å². The number of hydrogen-bond donors (Lipinski definition) is 1. The molecule has 2 aliphatic heterocycles. The van der Waals surface area contributed by atoms with Crippen molar-refractivity contribution >= 4 is 23.1 Å². The molecule has 8 nitrogen and oxygen atoms in total. The molecule has 1 fully saturated rings. The van der Waals surface area contributed by atoms with Crippen molar-refractivity contribution in [3.8, 4) is 0 Å². The van der Waals surface area contributed by atoms with Gasteiger partial charge < -0.3 is 14.7 Å². The van der Waals surface area contributed by atoms with Gasteiger partial charge in [0, 0.05) is 50.1 Å². The van der Waals surface area contributed by atoms with Gasteiger partial charge in [-0.1, -0.05) is 0 Å². The average molecular weight is 459 g/mol. The molecule has 31 heavy (non-hydrogen) atoms. The first-order valence-corrected chi connectivity index (χ1v) is 10.7. The number of fused-ring (bicyclic) bond motifs is 1. The Morgan fingerprint density at radius 1 is 1.19 bits per heavy atom. The van der Waals surface area contributed by atoms with Crippen molar-refractivity contribution in [2.75, 3.05) is 44.3 Å². The first-order valence-electron chi connectivity index (χ1n) is 9.83. The van der Waals surface area contributed by atoms with Crippen molar-refractivity contribution in [3.63, 3.8) is 0 Å². The van der Waals surface area contributed by atoms with Crippen LogP contribution in [0.25, 0.3) is 0 Å². The molecule has 4 heterocycles. The maximum atomic E-state index is 10.6. The first kappa shape index (κ1) is 23.4. The lowest BCUT2D eigenvalue weighted by Gasteiger charge is -2.29. The van der Waals surface area contributed by atoms with Crippen molar-refractivity contribution in [3.05, 3.63) is 33.7 Å². The Bertz CT molecular complexity index is 887. The molecule has 0 radical (unpaired) electrons. The van der Waals surface area contributed by atoms with E-state index in [0.29, 0.717) is 0 Å². The summed E-state index contributed by atoms with van der Waals surface area (Å²) in [4.78, 5) is 27.5. The molecule has 0 aromatic carbocycles. The number of aryl methyl sites for hydroxylation is 1. The molecule has 0 spiro atoms. The van der Waals surface area contributed by atoms with E-state index in [4.69, 9.17) is 14.6 Å². The number of carboxylic acids is 1. The second kappa shape index (κ2) is 10.3. The van der Waals surface area contributed by atoms with Crippen LogP contribution in [0.4, 0.5) is 19.0 Å². The van der Waals surface area contributed by atoms with Crippen molar-refractivity contribution in [2.24, 2.45) is 0 Å². The van der Waals surface area contributed by atoms with Gasteiger partial charge in [0.15, 0.2) is 0 Å². The van der Waals surface area contributed by atoms with Crippen LogP contribution in [0.2, 0.25) is 0 Å².